The lowest BCUT2D eigenvalue weighted by Crippen LogP contribution is -2.27. The fourth-order valence-electron chi connectivity index (χ4n) is 2.21. The van der Waals surface area contributed by atoms with Gasteiger partial charge in [-0.05, 0) is 50.5 Å². The van der Waals surface area contributed by atoms with Crippen LogP contribution in [0.25, 0.3) is 0 Å². The van der Waals surface area contributed by atoms with Gasteiger partial charge >= 0.3 is 0 Å². The smallest absolute Gasteiger partial charge is 0.255 e. The predicted molar refractivity (Wildman–Crippen MR) is 94.5 cm³/mol. The van der Waals surface area contributed by atoms with E-state index in [0.29, 0.717) is 11.4 Å². The standard InChI is InChI=1S/C18H19F2N3O3/c1-23(2)10-16(24)21-12-4-6-13(7-5-12)22-18(25)11-8-14(19)17(26-3)15(20)9-11/h4-9H,10H2,1-3H3,(H,21,24)(H,22,25). The minimum atomic E-state index is -0.961. The van der Waals surface area contributed by atoms with Crippen molar-refractivity contribution in [3.63, 3.8) is 0 Å². The molecular weight excluding hydrogens is 344 g/mol. The lowest BCUT2D eigenvalue weighted by atomic mass is 10.1. The Bertz CT molecular complexity index is 785. The van der Waals surface area contributed by atoms with Crippen LogP contribution in [0.15, 0.2) is 36.4 Å². The minimum absolute atomic E-state index is 0.170. The second-order valence-corrected chi connectivity index (χ2v) is 5.79. The van der Waals surface area contributed by atoms with Gasteiger partial charge in [0.2, 0.25) is 5.91 Å². The van der Waals surface area contributed by atoms with Crippen molar-refractivity contribution in [1.82, 2.24) is 4.90 Å². The maximum Gasteiger partial charge on any atom is 0.255 e. The molecule has 8 heteroatoms. The number of carbonyl (C=O) groups excluding carboxylic acids is 2. The molecule has 2 amide bonds. The van der Waals surface area contributed by atoms with Crippen LogP contribution in [0.1, 0.15) is 10.4 Å². The first-order chi connectivity index (χ1) is 12.3. The Kier molecular flexibility index (Phi) is 6.24. The molecule has 2 N–H and O–H groups in total. The van der Waals surface area contributed by atoms with E-state index in [4.69, 9.17) is 0 Å². The molecule has 26 heavy (non-hydrogen) atoms. The summed E-state index contributed by atoms with van der Waals surface area (Å²) in [5, 5.41) is 5.24. The van der Waals surface area contributed by atoms with Crippen LogP contribution in [0.2, 0.25) is 0 Å². The molecule has 2 aromatic carbocycles. The fraction of sp³-hybridized carbons (Fsp3) is 0.222. The van der Waals surface area contributed by atoms with Gasteiger partial charge in [0, 0.05) is 16.9 Å². The zero-order valence-electron chi connectivity index (χ0n) is 14.6. The minimum Gasteiger partial charge on any atom is -0.491 e. The van der Waals surface area contributed by atoms with E-state index in [0.717, 1.165) is 19.2 Å². The van der Waals surface area contributed by atoms with Crippen molar-refractivity contribution in [2.75, 3.05) is 38.4 Å². The average molecular weight is 363 g/mol. The van der Waals surface area contributed by atoms with E-state index < -0.39 is 23.3 Å². The second kappa shape index (κ2) is 8.39. The number of anilines is 2. The number of nitrogens with zero attached hydrogens (tertiary/aromatic N) is 1. The maximum absolute atomic E-state index is 13.7. The van der Waals surface area contributed by atoms with Gasteiger partial charge < -0.3 is 20.3 Å². The monoisotopic (exact) mass is 363 g/mol. The van der Waals surface area contributed by atoms with Gasteiger partial charge in [0.25, 0.3) is 5.91 Å². The lowest BCUT2D eigenvalue weighted by Gasteiger charge is -2.11. The normalized spacial score (nSPS) is 10.5. The van der Waals surface area contributed by atoms with Crippen LogP contribution in [-0.2, 0) is 4.79 Å². The fourth-order valence-corrected chi connectivity index (χ4v) is 2.21. The number of hydrogen-bond acceptors (Lipinski definition) is 4. The molecule has 0 aliphatic heterocycles. The first-order valence-corrected chi connectivity index (χ1v) is 7.69. The molecule has 0 aliphatic rings. The van der Waals surface area contributed by atoms with Crippen molar-refractivity contribution in [1.29, 1.82) is 0 Å². The Labute approximate surface area is 149 Å². The Morgan fingerprint density at radius 2 is 1.50 bits per heavy atom. The van der Waals surface area contributed by atoms with Crippen molar-refractivity contribution in [3.8, 4) is 5.75 Å². The number of halogens is 2. The number of ether oxygens (including phenoxy) is 1. The summed E-state index contributed by atoms with van der Waals surface area (Å²) in [6, 6.07) is 8.15. The lowest BCUT2D eigenvalue weighted by molar-refractivity contribution is -0.116. The zero-order chi connectivity index (χ0) is 19.3. The molecule has 6 nitrogen and oxygen atoms in total. The van der Waals surface area contributed by atoms with Crippen molar-refractivity contribution >= 4 is 23.2 Å². The van der Waals surface area contributed by atoms with E-state index >= 15 is 0 Å². The summed E-state index contributed by atoms with van der Waals surface area (Å²) in [5.74, 6) is -3.31. The van der Waals surface area contributed by atoms with Crippen LogP contribution in [0.3, 0.4) is 0 Å². The highest BCUT2D eigenvalue weighted by Crippen LogP contribution is 2.23. The summed E-state index contributed by atoms with van der Waals surface area (Å²) in [6.07, 6.45) is 0. The number of nitrogens with one attached hydrogen (secondary N) is 2. The van der Waals surface area contributed by atoms with Gasteiger partial charge in [0.05, 0.1) is 13.7 Å². The van der Waals surface area contributed by atoms with E-state index in [1.54, 1.807) is 43.3 Å². The van der Waals surface area contributed by atoms with Crippen LogP contribution < -0.4 is 15.4 Å². The van der Waals surface area contributed by atoms with Crippen LogP contribution in [0.4, 0.5) is 20.2 Å². The van der Waals surface area contributed by atoms with E-state index in [2.05, 4.69) is 15.4 Å². The summed E-state index contributed by atoms with van der Waals surface area (Å²) < 4.78 is 32.0. The van der Waals surface area contributed by atoms with Crippen LogP contribution in [-0.4, -0.2) is 44.5 Å². The van der Waals surface area contributed by atoms with Crippen molar-refractivity contribution < 1.29 is 23.1 Å². The Morgan fingerprint density at radius 1 is 1.00 bits per heavy atom. The third kappa shape index (κ3) is 5.00. The Balaban J connectivity index is 2.05. The number of hydrogen-bond donors (Lipinski definition) is 2. The Morgan fingerprint density at radius 3 is 1.96 bits per heavy atom. The molecule has 2 rings (SSSR count). The van der Waals surface area contributed by atoms with E-state index in [9.17, 15) is 18.4 Å². The van der Waals surface area contributed by atoms with Crippen LogP contribution in [0.5, 0.6) is 5.75 Å². The summed E-state index contributed by atoms with van der Waals surface area (Å²) in [4.78, 5) is 25.6. The molecule has 0 saturated heterocycles. The molecule has 0 aromatic heterocycles. The molecule has 0 heterocycles. The largest absolute Gasteiger partial charge is 0.491 e. The molecule has 0 atom stereocenters. The summed E-state index contributed by atoms with van der Waals surface area (Å²) in [5.41, 5.74) is 0.804. The average Bonchev–Trinajstić information content (AvgIpc) is 2.55. The van der Waals surface area contributed by atoms with Gasteiger partial charge in [-0.2, -0.15) is 0 Å². The van der Waals surface area contributed by atoms with Crippen LogP contribution in [0, 0.1) is 11.6 Å². The summed E-state index contributed by atoms with van der Waals surface area (Å²) in [6.45, 7) is 0.243. The molecule has 0 saturated carbocycles. The number of methoxy groups -OCH3 is 1. The first-order valence-electron chi connectivity index (χ1n) is 7.69. The van der Waals surface area contributed by atoms with Gasteiger partial charge in [-0.1, -0.05) is 0 Å². The van der Waals surface area contributed by atoms with Crippen molar-refractivity contribution in [2.24, 2.45) is 0 Å². The molecule has 0 spiro atoms. The van der Waals surface area contributed by atoms with Gasteiger partial charge in [0.1, 0.15) is 0 Å². The van der Waals surface area contributed by atoms with Gasteiger partial charge in [-0.3, -0.25) is 9.59 Å². The third-order valence-electron chi connectivity index (χ3n) is 3.35. The molecule has 138 valence electrons. The molecule has 2 aromatic rings. The van der Waals surface area contributed by atoms with Crippen molar-refractivity contribution in [2.45, 2.75) is 0 Å². The predicted octanol–water partition coefficient (Wildman–Crippen LogP) is 2.73. The number of amides is 2. The van der Waals surface area contributed by atoms with Crippen molar-refractivity contribution in [3.05, 3.63) is 53.6 Å². The highest BCUT2D eigenvalue weighted by atomic mass is 19.1. The van der Waals surface area contributed by atoms with Gasteiger partial charge in [-0.15, -0.1) is 0 Å². The quantitative estimate of drug-likeness (QED) is 0.828. The molecular formula is C18H19F2N3O3. The number of carbonyl (C=O) groups is 2. The highest BCUT2D eigenvalue weighted by molar-refractivity contribution is 6.04. The highest BCUT2D eigenvalue weighted by Gasteiger charge is 2.16. The molecule has 0 radical (unpaired) electrons. The maximum atomic E-state index is 13.7. The molecule has 0 fully saturated rings. The number of rotatable bonds is 6. The number of benzene rings is 2. The topological polar surface area (TPSA) is 70.7 Å². The number of likely N-dealkylation sites (N-methyl/N-ethyl adjacent to an activating group) is 1. The molecule has 0 bridgehead atoms. The third-order valence-corrected chi connectivity index (χ3v) is 3.35. The second-order valence-electron chi connectivity index (χ2n) is 5.79. The summed E-state index contributed by atoms with van der Waals surface area (Å²) >= 11 is 0. The van der Waals surface area contributed by atoms with E-state index in [-0.39, 0.29) is 18.0 Å². The Hall–Kier alpha value is -3.00. The van der Waals surface area contributed by atoms with E-state index in [1.807, 2.05) is 0 Å². The SMILES string of the molecule is COc1c(F)cc(C(=O)Nc2ccc(NC(=O)CN(C)C)cc2)cc1F. The van der Waals surface area contributed by atoms with Gasteiger partial charge in [-0.25, -0.2) is 8.78 Å². The first kappa shape index (κ1) is 19.3. The molecule has 0 unspecified atom stereocenters. The molecule has 0 aliphatic carbocycles. The summed E-state index contributed by atoms with van der Waals surface area (Å²) in [7, 11) is 4.70. The van der Waals surface area contributed by atoms with E-state index in [1.165, 1.54) is 0 Å². The van der Waals surface area contributed by atoms with Gasteiger partial charge in [0.15, 0.2) is 17.4 Å². The van der Waals surface area contributed by atoms with Crippen LogP contribution >= 0.6 is 0 Å². The zero-order valence-corrected chi connectivity index (χ0v) is 14.6.